The van der Waals surface area contributed by atoms with E-state index < -0.39 is 10.0 Å². The lowest BCUT2D eigenvalue weighted by Gasteiger charge is -2.28. The van der Waals surface area contributed by atoms with Crippen LogP contribution in [0.1, 0.15) is 26.3 Å². The second kappa shape index (κ2) is 5.51. The van der Waals surface area contributed by atoms with E-state index >= 15 is 0 Å². The van der Waals surface area contributed by atoms with Crippen LogP contribution in [-0.2, 0) is 16.6 Å². The van der Waals surface area contributed by atoms with Crippen LogP contribution in [0.3, 0.4) is 0 Å². The van der Waals surface area contributed by atoms with Crippen molar-refractivity contribution < 1.29 is 8.42 Å². The lowest BCUT2D eigenvalue weighted by Crippen LogP contribution is -2.38. The van der Waals surface area contributed by atoms with E-state index in [0.29, 0.717) is 12.2 Å². The molecule has 0 saturated carbocycles. The number of hydrogen-bond acceptors (Lipinski definition) is 3. The smallest absolute Gasteiger partial charge is 0.235 e. The van der Waals surface area contributed by atoms with Gasteiger partial charge in [-0.05, 0) is 38.5 Å². The molecule has 0 aliphatic heterocycles. The van der Waals surface area contributed by atoms with Crippen molar-refractivity contribution in [1.29, 1.82) is 0 Å². The molecule has 0 amide bonds. The maximum Gasteiger partial charge on any atom is 0.235 e. The molecule has 0 atom stereocenters. The van der Waals surface area contributed by atoms with Gasteiger partial charge in [0.25, 0.3) is 0 Å². The van der Waals surface area contributed by atoms with Crippen LogP contribution in [0, 0.1) is 0 Å². The first kappa shape index (κ1) is 14.0. The normalized spacial score (nSPS) is 11.8. The lowest BCUT2D eigenvalue weighted by molar-refractivity contribution is 0.585. The van der Waals surface area contributed by atoms with Crippen molar-refractivity contribution in [1.82, 2.24) is 0 Å². The number of benzene rings is 1. The van der Waals surface area contributed by atoms with Crippen LogP contribution in [0.4, 0.5) is 5.69 Å². The third-order valence-electron chi connectivity index (χ3n) is 2.53. The number of hydrogen-bond donors (Lipinski definition) is 1. The maximum atomic E-state index is 12.0. The van der Waals surface area contributed by atoms with E-state index in [9.17, 15) is 8.42 Å². The van der Waals surface area contributed by atoms with Crippen molar-refractivity contribution >= 4 is 15.7 Å². The summed E-state index contributed by atoms with van der Waals surface area (Å²) in [5, 5.41) is 0. The molecule has 0 aromatic heterocycles. The molecular formula is C12H20N2O2S. The SMILES string of the molecule is CCS(=O)(=O)N(c1cccc(CN)c1)C(C)C. The van der Waals surface area contributed by atoms with Crippen LogP contribution in [0.15, 0.2) is 24.3 Å². The van der Waals surface area contributed by atoms with Crippen LogP contribution < -0.4 is 10.0 Å². The van der Waals surface area contributed by atoms with Gasteiger partial charge in [-0.25, -0.2) is 8.42 Å². The first-order valence-corrected chi connectivity index (χ1v) is 7.34. The van der Waals surface area contributed by atoms with Gasteiger partial charge in [0.15, 0.2) is 0 Å². The van der Waals surface area contributed by atoms with Crippen molar-refractivity contribution in [3.63, 3.8) is 0 Å². The van der Waals surface area contributed by atoms with Crippen molar-refractivity contribution in [2.45, 2.75) is 33.4 Å². The Bertz CT molecular complexity index is 469. The van der Waals surface area contributed by atoms with Gasteiger partial charge in [0.2, 0.25) is 10.0 Å². The fourth-order valence-electron chi connectivity index (χ4n) is 1.74. The van der Waals surface area contributed by atoms with E-state index in [-0.39, 0.29) is 11.8 Å². The van der Waals surface area contributed by atoms with Gasteiger partial charge < -0.3 is 5.73 Å². The number of nitrogens with two attached hydrogens (primary N) is 1. The summed E-state index contributed by atoms with van der Waals surface area (Å²) in [6.07, 6.45) is 0. The molecule has 0 radical (unpaired) electrons. The van der Waals surface area contributed by atoms with Crippen LogP contribution in [0.2, 0.25) is 0 Å². The third-order valence-corrected chi connectivity index (χ3v) is 4.50. The fourth-order valence-corrected chi connectivity index (χ4v) is 3.09. The van der Waals surface area contributed by atoms with Gasteiger partial charge in [-0.1, -0.05) is 12.1 Å². The molecule has 1 aromatic rings. The highest BCUT2D eigenvalue weighted by atomic mass is 32.2. The van der Waals surface area contributed by atoms with Crippen LogP contribution in [0.5, 0.6) is 0 Å². The molecule has 96 valence electrons. The Labute approximate surface area is 103 Å². The molecule has 0 fully saturated rings. The Kier molecular flexibility index (Phi) is 4.54. The zero-order valence-corrected chi connectivity index (χ0v) is 11.4. The van der Waals surface area contributed by atoms with Crippen molar-refractivity contribution in [2.75, 3.05) is 10.1 Å². The minimum atomic E-state index is -3.25. The Morgan fingerprint density at radius 2 is 2.00 bits per heavy atom. The molecule has 1 rings (SSSR count). The Balaban J connectivity index is 3.24. The molecule has 0 bridgehead atoms. The van der Waals surface area contributed by atoms with E-state index in [0.717, 1.165) is 5.56 Å². The summed E-state index contributed by atoms with van der Waals surface area (Å²) in [5.74, 6) is 0.0953. The number of sulfonamides is 1. The number of rotatable bonds is 5. The molecule has 5 heteroatoms. The van der Waals surface area contributed by atoms with Gasteiger partial charge in [-0.2, -0.15) is 0 Å². The molecule has 2 N–H and O–H groups in total. The van der Waals surface area contributed by atoms with E-state index in [2.05, 4.69) is 0 Å². The second-order valence-electron chi connectivity index (χ2n) is 4.16. The van der Waals surface area contributed by atoms with E-state index in [4.69, 9.17) is 5.73 Å². The van der Waals surface area contributed by atoms with Gasteiger partial charge in [0, 0.05) is 12.6 Å². The van der Waals surface area contributed by atoms with Crippen molar-refractivity contribution in [3.8, 4) is 0 Å². The minimum absolute atomic E-state index is 0.0953. The van der Waals surface area contributed by atoms with E-state index in [1.54, 1.807) is 13.0 Å². The van der Waals surface area contributed by atoms with Crippen molar-refractivity contribution in [3.05, 3.63) is 29.8 Å². The molecule has 0 unspecified atom stereocenters. The first-order valence-electron chi connectivity index (χ1n) is 5.73. The minimum Gasteiger partial charge on any atom is -0.326 e. The standard InChI is InChI=1S/C12H20N2O2S/c1-4-17(15,16)14(10(2)3)12-7-5-6-11(8-12)9-13/h5-8,10H,4,9,13H2,1-3H3. The number of nitrogens with zero attached hydrogens (tertiary/aromatic N) is 1. The number of anilines is 1. The predicted molar refractivity (Wildman–Crippen MR) is 71.4 cm³/mol. The molecule has 0 heterocycles. The average molecular weight is 256 g/mol. The molecular weight excluding hydrogens is 236 g/mol. The highest BCUT2D eigenvalue weighted by Gasteiger charge is 2.23. The summed E-state index contributed by atoms with van der Waals surface area (Å²) in [6, 6.07) is 7.24. The zero-order chi connectivity index (χ0) is 13.1. The molecule has 0 spiro atoms. The molecule has 0 saturated heterocycles. The monoisotopic (exact) mass is 256 g/mol. The summed E-state index contributed by atoms with van der Waals surface area (Å²) in [7, 11) is -3.25. The highest BCUT2D eigenvalue weighted by molar-refractivity contribution is 7.92. The highest BCUT2D eigenvalue weighted by Crippen LogP contribution is 2.22. The van der Waals surface area contributed by atoms with Gasteiger partial charge in [-0.15, -0.1) is 0 Å². The van der Waals surface area contributed by atoms with Gasteiger partial charge in [-0.3, -0.25) is 4.31 Å². The summed E-state index contributed by atoms with van der Waals surface area (Å²) in [5.41, 5.74) is 7.18. The predicted octanol–water partition coefficient (Wildman–Crippen LogP) is 1.71. The summed E-state index contributed by atoms with van der Waals surface area (Å²) in [6.45, 7) is 5.79. The van der Waals surface area contributed by atoms with Gasteiger partial charge in [0.05, 0.1) is 11.4 Å². The van der Waals surface area contributed by atoms with Crippen molar-refractivity contribution in [2.24, 2.45) is 5.73 Å². The molecule has 0 aliphatic carbocycles. The molecule has 1 aromatic carbocycles. The molecule has 0 aliphatic rings. The largest absolute Gasteiger partial charge is 0.326 e. The molecule has 4 nitrogen and oxygen atoms in total. The summed E-state index contributed by atoms with van der Waals surface area (Å²) >= 11 is 0. The zero-order valence-electron chi connectivity index (χ0n) is 10.6. The van der Waals surface area contributed by atoms with E-state index in [1.807, 2.05) is 32.0 Å². The fraction of sp³-hybridized carbons (Fsp3) is 0.500. The Morgan fingerprint density at radius 3 is 2.47 bits per heavy atom. The van der Waals surface area contributed by atoms with E-state index in [1.165, 1.54) is 4.31 Å². The summed E-state index contributed by atoms with van der Waals surface area (Å²) in [4.78, 5) is 0. The van der Waals surface area contributed by atoms with Crippen LogP contribution in [0.25, 0.3) is 0 Å². The average Bonchev–Trinajstić information content (AvgIpc) is 2.28. The second-order valence-corrected chi connectivity index (χ2v) is 6.30. The Morgan fingerprint density at radius 1 is 1.35 bits per heavy atom. The van der Waals surface area contributed by atoms with Gasteiger partial charge >= 0.3 is 0 Å². The summed E-state index contributed by atoms with van der Waals surface area (Å²) < 4.78 is 25.5. The van der Waals surface area contributed by atoms with Gasteiger partial charge in [0.1, 0.15) is 0 Å². The Hall–Kier alpha value is -1.07. The molecule has 17 heavy (non-hydrogen) atoms. The van der Waals surface area contributed by atoms with Crippen LogP contribution >= 0.6 is 0 Å². The maximum absolute atomic E-state index is 12.0. The van der Waals surface area contributed by atoms with Crippen LogP contribution in [-0.4, -0.2) is 20.2 Å². The quantitative estimate of drug-likeness (QED) is 0.872. The lowest BCUT2D eigenvalue weighted by atomic mass is 10.2. The topological polar surface area (TPSA) is 63.4 Å². The first-order chi connectivity index (χ1) is 7.92. The third kappa shape index (κ3) is 3.20.